The molecule has 2 aromatic rings. The maximum Gasteiger partial charge on any atom is 0.341 e. The van der Waals surface area contributed by atoms with Crippen molar-refractivity contribution in [2.45, 2.75) is 23.9 Å². The van der Waals surface area contributed by atoms with E-state index in [1.807, 2.05) is 0 Å². The average molecular weight is 480 g/mol. The smallest absolute Gasteiger partial charge is 0.341 e. The monoisotopic (exact) mass is 480 g/mol. The molecule has 0 bridgehead atoms. The molecular formula is C10H19N4O12P3. The molecule has 0 saturated carbocycles. The molecule has 2 aromatic heterocycles. The number of nitrogens with one attached hydrogen (secondary N) is 2. The van der Waals surface area contributed by atoms with E-state index in [0.717, 1.165) is 12.4 Å². The van der Waals surface area contributed by atoms with Gasteiger partial charge in [-0.1, -0.05) is 0 Å². The van der Waals surface area contributed by atoms with E-state index in [0.29, 0.717) is 0 Å². The highest BCUT2D eigenvalue weighted by molar-refractivity contribution is 7.52. The molecule has 0 aliphatic rings. The largest absolute Gasteiger partial charge is 0.412 e. The summed E-state index contributed by atoms with van der Waals surface area (Å²) >= 11 is 0. The summed E-state index contributed by atoms with van der Waals surface area (Å²) in [5.41, 5.74) is -4.11. The number of hydrogen-bond donors (Lipinski definition) is 8. The minimum Gasteiger partial charge on any atom is -0.412 e. The van der Waals surface area contributed by atoms with Crippen LogP contribution in [0.2, 0.25) is 0 Å². The van der Waals surface area contributed by atoms with Crippen LogP contribution >= 0.6 is 23.4 Å². The lowest BCUT2D eigenvalue weighted by Gasteiger charge is -2.24. The molecule has 19 heteroatoms. The minimum atomic E-state index is -5.05. The molecule has 0 fully saturated rings. The lowest BCUT2D eigenvalue weighted by atomic mass is 10.4. The molecule has 0 saturated heterocycles. The van der Waals surface area contributed by atoms with Gasteiger partial charge in [-0.15, -0.1) is 0 Å². The number of aliphatic hydroxyl groups is 2. The lowest BCUT2D eigenvalue weighted by Crippen LogP contribution is -2.24. The van der Waals surface area contributed by atoms with Gasteiger partial charge in [0.1, 0.15) is 11.6 Å². The summed E-state index contributed by atoms with van der Waals surface area (Å²) < 4.78 is 44.1. The average Bonchev–Trinajstić information content (AvgIpc) is 3.17. The molecule has 0 aliphatic heterocycles. The van der Waals surface area contributed by atoms with Crippen molar-refractivity contribution in [3.05, 3.63) is 36.4 Å². The van der Waals surface area contributed by atoms with Crippen LogP contribution in [0.5, 0.6) is 0 Å². The van der Waals surface area contributed by atoms with E-state index in [2.05, 4.69) is 29.0 Å². The quantitative estimate of drug-likeness (QED) is 0.142. The van der Waals surface area contributed by atoms with Crippen molar-refractivity contribution in [2.24, 2.45) is 0 Å². The molecule has 2 heterocycles. The van der Waals surface area contributed by atoms with Gasteiger partial charge in [-0.25, -0.2) is 9.97 Å². The maximum absolute atomic E-state index is 11.9. The number of H-pyrrole nitrogens is 2. The van der Waals surface area contributed by atoms with Crippen molar-refractivity contribution in [2.75, 3.05) is 0 Å². The molecule has 10 N–H and O–H groups in total. The predicted octanol–water partition coefficient (Wildman–Crippen LogP) is -1.49. The number of hydrogen-bond acceptors (Lipinski definition) is 9. The third-order valence-electron chi connectivity index (χ3n) is 3.30. The van der Waals surface area contributed by atoms with Crippen molar-refractivity contribution in [3.8, 4) is 0 Å². The Morgan fingerprint density at radius 2 is 1.21 bits per heavy atom. The second-order valence-electron chi connectivity index (χ2n) is 5.28. The molecule has 29 heavy (non-hydrogen) atoms. The van der Waals surface area contributed by atoms with Crippen molar-refractivity contribution in [1.82, 2.24) is 19.9 Å². The summed E-state index contributed by atoms with van der Waals surface area (Å²) in [6.45, 7) is 0. The van der Waals surface area contributed by atoms with Gasteiger partial charge in [-0.2, -0.15) is 0 Å². The van der Waals surface area contributed by atoms with Crippen molar-refractivity contribution in [1.29, 1.82) is 0 Å². The van der Waals surface area contributed by atoms with Crippen LogP contribution in [0.25, 0.3) is 0 Å². The van der Waals surface area contributed by atoms with Gasteiger partial charge in [0.2, 0.25) is 0 Å². The van der Waals surface area contributed by atoms with Crippen LogP contribution in [0.3, 0.4) is 0 Å². The van der Waals surface area contributed by atoms with E-state index < -0.39 is 47.3 Å². The molecule has 4 unspecified atom stereocenters. The number of rotatable bonds is 10. The summed E-state index contributed by atoms with van der Waals surface area (Å²) in [7, 11) is -14.0. The van der Waals surface area contributed by atoms with Crippen molar-refractivity contribution in [3.63, 3.8) is 0 Å². The van der Waals surface area contributed by atoms with Crippen LogP contribution in [0.1, 0.15) is 23.0 Å². The summed E-state index contributed by atoms with van der Waals surface area (Å²) in [6.07, 6.45) is -0.0703. The van der Waals surface area contributed by atoms with Gasteiger partial charge in [0, 0.05) is 24.8 Å². The Kier molecular flexibility index (Phi) is 9.05. The number of nitrogens with zero attached hydrogens (tertiary/aromatic N) is 2. The zero-order valence-electron chi connectivity index (χ0n) is 14.1. The van der Waals surface area contributed by atoms with Gasteiger partial charge in [0.25, 0.3) is 0 Å². The minimum absolute atomic E-state index is 0. The van der Waals surface area contributed by atoms with Crippen LogP contribution in [-0.2, 0) is 22.7 Å². The van der Waals surface area contributed by atoms with Gasteiger partial charge in [0.15, 0.2) is 23.9 Å². The SMILES string of the molecule is O.O=[PH](OC(O)C(c1ncc[nH]1)P(=O)(O)O)OC(O)C(c1ncc[nH]1)P(=O)(O)O. The predicted molar refractivity (Wildman–Crippen MR) is 93.5 cm³/mol. The lowest BCUT2D eigenvalue weighted by molar-refractivity contribution is -0.0658. The molecule has 0 spiro atoms. The summed E-state index contributed by atoms with van der Waals surface area (Å²) in [6, 6.07) is 0. The molecule has 0 radical (unpaired) electrons. The van der Waals surface area contributed by atoms with Crippen molar-refractivity contribution < 1.29 is 58.0 Å². The Morgan fingerprint density at radius 1 is 0.862 bits per heavy atom. The maximum atomic E-state index is 11.9. The highest BCUT2D eigenvalue weighted by Crippen LogP contribution is 2.56. The van der Waals surface area contributed by atoms with E-state index >= 15 is 0 Å². The Bertz CT molecular complexity index is 794. The van der Waals surface area contributed by atoms with Crippen LogP contribution in [0.4, 0.5) is 0 Å². The van der Waals surface area contributed by atoms with Gasteiger partial charge in [-0.05, 0) is 0 Å². The van der Waals surface area contributed by atoms with E-state index in [1.54, 1.807) is 0 Å². The van der Waals surface area contributed by atoms with Gasteiger partial charge < -0.3 is 45.2 Å². The zero-order chi connectivity index (χ0) is 21.1. The van der Waals surface area contributed by atoms with E-state index in [-0.39, 0.29) is 17.1 Å². The number of aromatic nitrogens is 4. The molecule has 16 nitrogen and oxygen atoms in total. The molecular weight excluding hydrogens is 461 g/mol. The van der Waals surface area contributed by atoms with Crippen LogP contribution in [-0.4, -0.2) is 67.8 Å². The molecule has 0 amide bonds. The second kappa shape index (κ2) is 10.2. The Hall–Kier alpha value is -1.25. The fourth-order valence-electron chi connectivity index (χ4n) is 2.15. The molecule has 4 atom stereocenters. The standard InChI is InChI=1S/C10H17N4O11P3.H2O/c15-9(5(27(18,19)20)7-11-1-2-12-7)24-26(17)25-10(16)6(28(21,22)23)8-13-3-4-14-8;/h1-6,9-10,15-16,26H,(H,11,12)(H,13,14)(H2,18,19,20)(H2,21,22,23);1H2. The highest BCUT2D eigenvalue weighted by atomic mass is 31.2. The van der Waals surface area contributed by atoms with Gasteiger partial charge in [-0.3, -0.25) is 22.7 Å². The highest BCUT2D eigenvalue weighted by Gasteiger charge is 2.43. The van der Waals surface area contributed by atoms with Crippen molar-refractivity contribution >= 4 is 23.4 Å². The second-order valence-corrected chi connectivity index (χ2v) is 9.72. The number of aliphatic hydroxyl groups excluding tert-OH is 2. The summed E-state index contributed by atoms with van der Waals surface area (Å²) in [5.74, 6) is -0.750. The molecule has 166 valence electrons. The van der Waals surface area contributed by atoms with Gasteiger partial charge in [0.05, 0.1) is 0 Å². The van der Waals surface area contributed by atoms with Gasteiger partial charge >= 0.3 is 23.4 Å². The molecule has 0 aromatic carbocycles. The Labute approximate surface area is 162 Å². The number of aromatic amines is 2. The topological polar surface area (TPSA) is 280 Å². The van der Waals surface area contributed by atoms with Crippen LogP contribution in [0, 0.1) is 0 Å². The first-order valence-corrected chi connectivity index (χ1v) is 11.8. The third kappa shape index (κ3) is 6.89. The Balaban J connectivity index is 0.00000420. The normalized spacial score (nSPS) is 17.7. The van der Waals surface area contributed by atoms with Crippen LogP contribution < -0.4 is 0 Å². The molecule has 0 aliphatic carbocycles. The first-order valence-electron chi connectivity index (χ1n) is 7.23. The third-order valence-corrected chi connectivity index (χ3v) is 6.61. The molecule has 2 rings (SSSR count). The summed E-state index contributed by atoms with van der Waals surface area (Å²) in [5, 5.41) is 19.8. The first-order chi connectivity index (χ1) is 12.9. The Morgan fingerprint density at radius 3 is 1.45 bits per heavy atom. The number of imidazole rings is 2. The van der Waals surface area contributed by atoms with E-state index in [4.69, 9.17) is 0 Å². The van der Waals surface area contributed by atoms with E-state index in [1.165, 1.54) is 12.4 Å². The fourth-order valence-corrected chi connectivity index (χ4v) is 4.81. The first kappa shape index (κ1) is 25.8. The van der Waals surface area contributed by atoms with E-state index in [9.17, 15) is 43.5 Å². The summed E-state index contributed by atoms with van der Waals surface area (Å²) in [4.78, 5) is 49.3. The fraction of sp³-hybridized carbons (Fsp3) is 0.400. The van der Waals surface area contributed by atoms with Crippen LogP contribution in [0.15, 0.2) is 24.8 Å². The zero-order valence-corrected chi connectivity index (χ0v) is 16.9.